The average Bonchev–Trinajstić information content (AvgIpc) is 2.16. The van der Waals surface area contributed by atoms with E-state index in [1.807, 2.05) is 24.3 Å². The van der Waals surface area contributed by atoms with Crippen LogP contribution in [-0.4, -0.2) is 17.1 Å². The Bertz CT molecular complexity index is 310. The molecule has 0 bridgehead atoms. The van der Waals surface area contributed by atoms with Crippen molar-refractivity contribution in [1.82, 2.24) is 5.32 Å². The van der Waals surface area contributed by atoms with E-state index in [-0.39, 0.29) is 0 Å². The smallest absolute Gasteiger partial charge is 0.320 e. The molecule has 0 heterocycles. The fourth-order valence-corrected chi connectivity index (χ4v) is 1.22. The minimum Gasteiger partial charge on any atom is -0.480 e. The first-order valence-electron chi connectivity index (χ1n) is 4.30. The predicted molar refractivity (Wildman–Crippen MR) is 58.1 cm³/mol. The third-order valence-corrected chi connectivity index (χ3v) is 2.42. The highest BCUT2D eigenvalue weighted by Gasteiger charge is 2.08. The number of aliphatic carboxylic acids is 1. The third-order valence-electron chi connectivity index (χ3n) is 1.90. The molecule has 0 spiro atoms. The fourth-order valence-electron chi connectivity index (χ4n) is 0.961. The van der Waals surface area contributed by atoms with E-state index in [0.717, 1.165) is 10.0 Å². The van der Waals surface area contributed by atoms with E-state index in [2.05, 4.69) is 21.2 Å². The molecule has 0 aliphatic rings. The number of hydrogen-bond donors (Lipinski definition) is 2. The lowest BCUT2D eigenvalue weighted by atomic mass is 10.2. The summed E-state index contributed by atoms with van der Waals surface area (Å²) in [6.45, 7) is 2.20. The molecular formula is C10H12BrNO2. The molecule has 0 aliphatic carbocycles. The van der Waals surface area contributed by atoms with Crippen molar-refractivity contribution in [2.24, 2.45) is 0 Å². The predicted octanol–water partition coefficient (Wildman–Crippen LogP) is 2.01. The molecule has 3 nitrogen and oxygen atoms in total. The van der Waals surface area contributed by atoms with E-state index < -0.39 is 12.0 Å². The molecule has 4 heteroatoms. The van der Waals surface area contributed by atoms with E-state index in [0.29, 0.717) is 6.54 Å². The Morgan fingerprint density at radius 2 is 2.07 bits per heavy atom. The Morgan fingerprint density at radius 3 is 2.57 bits per heavy atom. The van der Waals surface area contributed by atoms with Crippen molar-refractivity contribution in [3.63, 3.8) is 0 Å². The average molecular weight is 258 g/mol. The van der Waals surface area contributed by atoms with Crippen LogP contribution in [-0.2, 0) is 11.3 Å². The highest BCUT2D eigenvalue weighted by Crippen LogP contribution is 2.10. The Hall–Kier alpha value is -0.870. The van der Waals surface area contributed by atoms with Gasteiger partial charge >= 0.3 is 5.97 Å². The fraction of sp³-hybridized carbons (Fsp3) is 0.300. The van der Waals surface area contributed by atoms with Crippen molar-refractivity contribution in [3.8, 4) is 0 Å². The standard InChI is InChI=1S/C10H12BrNO2/c1-7(10(13)14)12-6-8-2-4-9(11)5-3-8/h2-5,7,12H,6H2,1H3,(H,13,14)/t7-/m0/s1. The van der Waals surface area contributed by atoms with Gasteiger partial charge in [0.25, 0.3) is 0 Å². The molecule has 1 atom stereocenters. The van der Waals surface area contributed by atoms with E-state index in [4.69, 9.17) is 5.11 Å². The first-order valence-corrected chi connectivity index (χ1v) is 5.09. The van der Waals surface area contributed by atoms with Crippen LogP contribution >= 0.6 is 15.9 Å². The van der Waals surface area contributed by atoms with Crippen LogP contribution in [0.1, 0.15) is 12.5 Å². The van der Waals surface area contributed by atoms with Crippen molar-refractivity contribution in [2.75, 3.05) is 0 Å². The summed E-state index contributed by atoms with van der Waals surface area (Å²) in [4.78, 5) is 10.5. The Balaban J connectivity index is 2.46. The van der Waals surface area contributed by atoms with Gasteiger partial charge in [-0.05, 0) is 24.6 Å². The molecule has 0 amide bonds. The summed E-state index contributed by atoms with van der Waals surface area (Å²) < 4.78 is 1.02. The van der Waals surface area contributed by atoms with Crippen molar-refractivity contribution in [2.45, 2.75) is 19.5 Å². The van der Waals surface area contributed by atoms with Gasteiger partial charge in [0.15, 0.2) is 0 Å². The van der Waals surface area contributed by atoms with Crippen LogP contribution < -0.4 is 5.32 Å². The van der Waals surface area contributed by atoms with E-state index in [1.54, 1.807) is 6.92 Å². The van der Waals surface area contributed by atoms with Crippen LogP contribution in [0.15, 0.2) is 28.7 Å². The molecule has 1 aromatic carbocycles. The number of nitrogens with one attached hydrogen (secondary N) is 1. The van der Waals surface area contributed by atoms with Gasteiger partial charge in [0, 0.05) is 11.0 Å². The molecule has 0 radical (unpaired) electrons. The second-order valence-electron chi connectivity index (χ2n) is 3.07. The minimum atomic E-state index is -0.831. The molecule has 1 rings (SSSR count). The zero-order chi connectivity index (χ0) is 10.6. The van der Waals surface area contributed by atoms with E-state index in [1.165, 1.54) is 0 Å². The highest BCUT2D eigenvalue weighted by molar-refractivity contribution is 9.10. The molecule has 0 fully saturated rings. The molecule has 2 N–H and O–H groups in total. The summed E-state index contributed by atoms with van der Waals surface area (Å²) in [7, 11) is 0. The molecule has 0 saturated carbocycles. The minimum absolute atomic E-state index is 0.515. The van der Waals surface area contributed by atoms with E-state index >= 15 is 0 Å². The normalized spacial score (nSPS) is 12.4. The van der Waals surface area contributed by atoms with Gasteiger partial charge < -0.3 is 10.4 Å². The third kappa shape index (κ3) is 3.47. The number of carboxylic acids is 1. The number of benzene rings is 1. The topological polar surface area (TPSA) is 49.3 Å². The number of rotatable bonds is 4. The van der Waals surface area contributed by atoms with Crippen molar-refractivity contribution in [1.29, 1.82) is 0 Å². The highest BCUT2D eigenvalue weighted by atomic mass is 79.9. The van der Waals surface area contributed by atoms with Crippen LogP contribution in [0, 0.1) is 0 Å². The number of hydrogen-bond acceptors (Lipinski definition) is 2. The first kappa shape index (κ1) is 11.2. The summed E-state index contributed by atoms with van der Waals surface area (Å²) in [6.07, 6.45) is 0. The van der Waals surface area contributed by atoms with E-state index in [9.17, 15) is 4.79 Å². The molecule has 0 aromatic heterocycles. The summed E-state index contributed by atoms with van der Waals surface area (Å²) in [5, 5.41) is 11.5. The largest absolute Gasteiger partial charge is 0.480 e. The van der Waals surface area contributed by atoms with Gasteiger partial charge in [-0.25, -0.2) is 0 Å². The maximum atomic E-state index is 10.5. The summed E-state index contributed by atoms with van der Waals surface area (Å²) in [6, 6.07) is 7.25. The van der Waals surface area contributed by atoms with Crippen LogP contribution in [0.2, 0.25) is 0 Å². The maximum absolute atomic E-state index is 10.5. The van der Waals surface area contributed by atoms with Gasteiger partial charge in [-0.3, -0.25) is 4.79 Å². The Labute approximate surface area is 91.3 Å². The van der Waals surface area contributed by atoms with Crippen LogP contribution in [0.4, 0.5) is 0 Å². The lowest BCUT2D eigenvalue weighted by molar-refractivity contribution is -0.139. The zero-order valence-electron chi connectivity index (χ0n) is 7.83. The molecular weight excluding hydrogens is 246 g/mol. The van der Waals surface area contributed by atoms with Gasteiger partial charge in [0.05, 0.1) is 0 Å². The van der Waals surface area contributed by atoms with Gasteiger partial charge in [-0.1, -0.05) is 28.1 Å². The van der Waals surface area contributed by atoms with Crippen molar-refractivity contribution < 1.29 is 9.90 Å². The second-order valence-corrected chi connectivity index (χ2v) is 3.98. The second kappa shape index (κ2) is 5.12. The number of carbonyl (C=O) groups is 1. The van der Waals surface area contributed by atoms with Crippen molar-refractivity contribution >= 4 is 21.9 Å². The summed E-state index contributed by atoms with van der Waals surface area (Å²) in [5.41, 5.74) is 1.07. The SMILES string of the molecule is C[C@H](NCc1ccc(Br)cc1)C(=O)O. The molecule has 76 valence electrons. The molecule has 1 aromatic rings. The van der Waals surface area contributed by atoms with Gasteiger partial charge in [0.1, 0.15) is 6.04 Å². The maximum Gasteiger partial charge on any atom is 0.320 e. The first-order chi connectivity index (χ1) is 6.59. The zero-order valence-corrected chi connectivity index (χ0v) is 9.41. The summed E-state index contributed by atoms with van der Waals surface area (Å²) >= 11 is 3.33. The van der Waals surface area contributed by atoms with Gasteiger partial charge in [-0.15, -0.1) is 0 Å². The van der Waals surface area contributed by atoms with Crippen LogP contribution in [0.5, 0.6) is 0 Å². The van der Waals surface area contributed by atoms with Crippen LogP contribution in [0.25, 0.3) is 0 Å². The molecule has 0 saturated heterocycles. The quantitative estimate of drug-likeness (QED) is 0.868. The lowest BCUT2D eigenvalue weighted by Gasteiger charge is -2.08. The number of carboxylic acid groups (broad SMARTS) is 1. The molecule has 0 unspecified atom stereocenters. The number of halogens is 1. The van der Waals surface area contributed by atoms with Crippen LogP contribution in [0.3, 0.4) is 0 Å². The Kier molecular flexibility index (Phi) is 4.10. The van der Waals surface area contributed by atoms with Gasteiger partial charge in [-0.2, -0.15) is 0 Å². The monoisotopic (exact) mass is 257 g/mol. The van der Waals surface area contributed by atoms with Crippen molar-refractivity contribution in [3.05, 3.63) is 34.3 Å². The molecule has 14 heavy (non-hydrogen) atoms. The Morgan fingerprint density at radius 1 is 1.50 bits per heavy atom. The lowest BCUT2D eigenvalue weighted by Crippen LogP contribution is -2.33. The van der Waals surface area contributed by atoms with Gasteiger partial charge in [0.2, 0.25) is 0 Å². The summed E-state index contributed by atoms with van der Waals surface area (Å²) in [5.74, 6) is -0.831. The molecule has 0 aliphatic heterocycles.